The van der Waals surface area contributed by atoms with E-state index in [0.717, 1.165) is 12.8 Å². The summed E-state index contributed by atoms with van der Waals surface area (Å²) in [6, 6.07) is 14.2. The summed E-state index contributed by atoms with van der Waals surface area (Å²) in [7, 11) is 0. The fourth-order valence-electron chi connectivity index (χ4n) is 4.20. The summed E-state index contributed by atoms with van der Waals surface area (Å²) in [5, 5.41) is 0. The number of fused-ring (bicyclic) bond motifs is 2. The van der Waals surface area contributed by atoms with Gasteiger partial charge in [-0.3, -0.25) is 0 Å². The van der Waals surface area contributed by atoms with Crippen molar-refractivity contribution < 1.29 is 46.1 Å². The van der Waals surface area contributed by atoms with Crippen molar-refractivity contribution in [3.8, 4) is 0 Å². The maximum atomic E-state index is 4.77. The number of hydrogen-bond donors (Lipinski definition) is 0. The summed E-state index contributed by atoms with van der Waals surface area (Å²) in [5.41, 5.74) is 9.15. The van der Waals surface area contributed by atoms with E-state index >= 15 is 0 Å². The van der Waals surface area contributed by atoms with Gasteiger partial charge in [0.1, 0.15) is 0 Å². The van der Waals surface area contributed by atoms with Crippen LogP contribution in [0, 0.1) is 0 Å². The first-order chi connectivity index (χ1) is 13.0. The van der Waals surface area contributed by atoms with Gasteiger partial charge in [0.15, 0.2) is 0 Å². The van der Waals surface area contributed by atoms with Crippen LogP contribution < -0.4 is 24.8 Å². The van der Waals surface area contributed by atoms with Gasteiger partial charge in [-0.25, -0.2) is 0 Å². The zero-order valence-electron chi connectivity index (χ0n) is 19.0. The molecule has 0 amide bonds. The first kappa shape index (κ1) is 25.5. The quantitative estimate of drug-likeness (QED) is 0.553. The number of allylic oxidation sites excluding steroid dienone is 2. The Balaban J connectivity index is 0.00000160. The molecule has 2 aliphatic carbocycles. The van der Waals surface area contributed by atoms with E-state index in [1.165, 1.54) is 33.4 Å². The molecule has 0 fully saturated rings. The van der Waals surface area contributed by atoms with Gasteiger partial charge in [0.05, 0.1) is 0 Å². The van der Waals surface area contributed by atoms with E-state index in [2.05, 4.69) is 90.1 Å². The number of hydrogen-bond acceptors (Lipinski definition) is 0. The molecule has 30 heavy (non-hydrogen) atoms. The molecule has 2 aliphatic rings. The Morgan fingerprint density at radius 1 is 0.667 bits per heavy atom. The van der Waals surface area contributed by atoms with E-state index in [1.54, 1.807) is 6.56 Å². The van der Waals surface area contributed by atoms with Gasteiger partial charge in [-0.05, 0) is 0 Å². The normalized spacial score (nSPS) is 14.4. The zero-order valence-corrected chi connectivity index (χ0v) is 23.0. The fourth-order valence-corrected chi connectivity index (χ4v) is 8.82. The van der Waals surface area contributed by atoms with Gasteiger partial charge >= 0.3 is 179 Å². The first-order valence-corrected chi connectivity index (χ1v) is 14.6. The molecule has 2 aromatic carbocycles. The van der Waals surface area contributed by atoms with Gasteiger partial charge in [0.2, 0.25) is 0 Å². The zero-order chi connectivity index (χ0) is 20.3. The Bertz CT molecular complexity index is 960. The Kier molecular flexibility index (Phi) is 7.66. The summed E-state index contributed by atoms with van der Waals surface area (Å²) < 4.78 is 8.07. The number of halogens is 2. The molecule has 0 spiro atoms. The minimum Gasteiger partial charge on any atom is -1.00 e. The molecular weight excluding hydrogens is 486 g/mol. The first-order valence-electron chi connectivity index (χ1n) is 10.4. The Morgan fingerprint density at radius 3 is 1.37 bits per heavy atom. The maximum Gasteiger partial charge on any atom is -1.00 e. The molecule has 0 saturated carbocycles. The molecule has 0 aromatic heterocycles. The molecule has 0 saturated heterocycles. The minimum absolute atomic E-state index is 0. The van der Waals surface area contributed by atoms with Crippen LogP contribution >= 0.6 is 0 Å². The van der Waals surface area contributed by atoms with Gasteiger partial charge < -0.3 is 24.8 Å². The molecule has 2 aromatic rings. The number of benzene rings is 2. The van der Waals surface area contributed by atoms with Crippen molar-refractivity contribution in [1.82, 2.24) is 0 Å². The van der Waals surface area contributed by atoms with Crippen LogP contribution in [0.5, 0.6) is 0 Å². The largest absolute Gasteiger partial charge is 1.00 e. The van der Waals surface area contributed by atoms with E-state index < -0.39 is 21.3 Å². The summed E-state index contributed by atoms with van der Waals surface area (Å²) in [6.45, 7) is 13.8. The average Bonchev–Trinajstić information content (AvgIpc) is 3.22. The molecule has 0 atom stereocenters. The average molecular weight is 519 g/mol. The third-order valence-corrected chi connectivity index (χ3v) is 11.6. The number of rotatable bonds is 2. The molecule has 0 unspecified atom stereocenters. The van der Waals surface area contributed by atoms with Crippen LogP contribution in [0.15, 0.2) is 43.0 Å². The van der Waals surface area contributed by atoms with Crippen LogP contribution in [0.2, 0.25) is 0 Å². The van der Waals surface area contributed by atoms with Crippen molar-refractivity contribution >= 4 is 16.4 Å². The molecule has 0 N–H and O–H groups in total. The van der Waals surface area contributed by atoms with E-state index in [-0.39, 0.29) is 35.6 Å². The topological polar surface area (TPSA) is 0 Å². The molecule has 0 bridgehead atoms. The maximum absolute atomic E-state index is 4.77. The minimum atomic E-state index is -1.98. The molecule has 0 nitrogen and oxygen atoms in total. The van der Waals surface area contributed by atoms with Gasteiger partial charge in [0, 0.05) is 0 Å². The summed E-state index contributed by atoms with van der Waals surface area (Å²) in [5.74, 6) is 0. The molecule has 0 aliphatic heterocycles. The van der Waals surface area contributed by atoms with E-state index in [4.69, 9.17) is 4.21 Å². The van der Waals surface area contributed by atoms with Crippen molar-refractivity contribution in [3.05, 3.63) is 76.3 Å². The van der Waals surface area contributed by atoms with Crippen molar-refractivity contribution in [2.24, 2.45) is 0 Å². The molecule has 158 valence electrons. The fraction of sp³-hybridized carbons (Fsp3) is 0.370. The van der Waals surface area contributed by atoms with Gasteiger partial charge in [0.25, 0.3) is 0 Å². The van der Waals surface area contributed by atoms with Gasteiger partial charge in [-0.15, -0.1) is 0 Å². The van der Waals surface area contributed by atoms with E-state index in [9.17, 15) is 0 Å². The second kappa shape index (κ2) is 9.01. The smallest absolute Gasteiger partial charge is 1.00 e. The summed E-state index contributed by atoms with van der Waals surface area (Å²) in [6.07, 6.45) is 7.21. The molecule has 3 heteroatoms. The predicted molar refractivity (Wildman–Crippen MR) is 121 cm³/mol. The Hall–Kier alpha value is -0.747. The third kappa shape index (κ3) is 5.01. The standard InChI is InChI=1S/2C13H15.CH2.2ClH.Zr/c2*1-13(2,3)12-8-7-10-5-4-6-11(10)9-12;;;;/h2*6-9H,5H2,1-3H3;1H2;2*1H;/q;;;;;+2/p-2. The van der Waals surface area contributed by atoms with Crippen molar-refractivity contribution in [1.29, 1.82) is 0 Å². The van der Waals surface area contributed by atoms with Gasteiger partial charge in [-0.1, -0.05) is 0 Å². The van der Waals surface area contributed by atoms with Crippen LogP contribution in [-0.4, -0.2) is 4.21 Å². The monoisotopic (exact) mass is 516 g/mol. The van der Waals surface area contributed by atoms with E-state index in [0.29, 0.717) is 0 Å². The van der Waals surface area contributed by atoms with E-state index in [1.807, 2.05) is 0 Å². The van der Waals surface area contributed by atoms with Crippen LogP contribution in [0.25, 0.3) is 12.2 Å². The van der Waals surface area contributed by atoms with Gasteiger partial charge in [-0.2, -0.15) is 0 Å². The Labute approximate surface area is 202 Å². The molecular formula is C27H32Cl2Zr. The molecule has 4 rings (SSSR count). The second-order valence-corrected chi connectivity index (χ2v) is 16.0. The van der Waals surface area contributed by atoms with Crippen LogP contribution in [0.1, 0.15) is 74.9 Å². The SMILES string of the molecule is [CH2]=[Zr+2]([C]1=Cc2cc(C(C)(C)C)ccc2C1)[C]1=Cc2cc(C(C)(C)C)ccc2C1.[Cl-].[Cl-]. The van der Waals surface area contributed by atoms with Crippen LogP contribution in [-0.2, 0) is 44.9 Å². The molecule has 0 heterocycles. The van der Waals surface area contributed by atoms with Crippen molar-refractivity contribution in [3.63, 3.8) is 0 Å². The molecule has 0 radical (unpaired) electrons. The second-order valence-electron chi connectivity index (χ2n) is 10.5. The summed E-state index contributed by atoms with van der Waals surface area (Å²) in [4.78, 5) is 0. The van der Waals surface area contributed by atoms with Crippen molar-refractivity contribution in [2.45, 2.75) is 65.2 Å². The Morgan fingerprint density at radius 2 is 1.03 bits per heavy atom. The summed E-state index contributed by atoms with van der Waals surface area (Å²) >= 11 is -1.98. The van der Waals surface area contributed by atoms with Crippen molar-refractivity contribution in [2.75, 3.05) is 0 Å². The predicted octanol–water partition coefficient (Wildman–Crippen LogP) is 0.834. The van der Waals surface area contributed by atoms with Crippen LogP contribution in [0.3, 0.4) is 0 Å². The van der Waals surface area contributed by atoms with Crippen LogP contribution in [0.4, 0.5) is 0 Å². The third-order valence-electron chi connectivity index (χ3n) is 6.22.